The van der Waals surface area contributed by atoms with E-state index in [9.17, 15) is 13.5 Å². The second-order valence-corrected chi connectivity index (χ2v) is 7.38. The first-order valence-corrected chi connectivity index (χ1v) is 8.40. The molecule has 6 heteroatoms. The van der Waals surface area contributed by atoms with Crippen molar-refractivity contribution in [2.45, 2.75) is 43.6 Å². The van der Waals surface area contributed by atoms with Crippen molar-refractivity contribution in [1.82, 2.24) is 4.72 Å². The SMILES string of the molecule is Cc1cc(N)cc(S(=O)(=O)NCC2CCCC(O)C2)c1. The molecule has 0 bridgehead atoms. The number of hydrogen-bond donors (Lipinski definition) is 3. The Balaban J connectivity index is 2.03. The van der Waals surface area contributed by atoms with Crippen LogP contribution in [0.2, 0.25) is 0 Å². The van der Waals surface area contributed by atoms with E-state index in [1.165, 1.54) is 6.07 Å². The second-order valence-electron chi connectivity index (χ2n) is 5.62. The van der Waals surface area contributed by atoms with Crippen LogP contribution in [0.5, 0.6) is 0 Å². The summed E-state index contributed by atoms with van der Waals surface area (Å²) in [4.78, 5) is 0.200. The minimum absolute atomic E-state index is 0.200. The molecule has 2 atom stereocenters. The van der Waals surface area contributed by atoms with Gasteiger partial charge < -0.3 is 10.8 Å². The first kappa shape index (κ1) is 15.3. The normalized spacial score (nSPS) is 23.7. The third kappa shape index (κ3) is 3.94. The number of sulfonamides is 1. The molecule has 1 aromatic carbocycles. The molecule has 1 aliphatic rings. The third-order valence-electron chi connectivity index (χ3n) is 3.70. The summed E-state index contributed by atoms with van der Waals surface area (Å²) >= 11 is 0. The highest BCUT2D eigenvalue weighted by Crippen LogP contribution is 2.24. The summed E-state index contributed by atoms with van der Waals surface area (Å²) in [5.41, 5.74) is 6.95. The van der Waals surface area contributed by atoms with Gasteiger partial charge in [-0.2, -0.15) is 0 Å². The number of rotatable bonds is 4. The van der Waals surface area contributed by atoms with Crippen molar-refractivity contribution < 1.29 is 13.5 Å². The van der Waals surface area contributed by atoms with Crippen molar-refractivity contribution in [3.8, 4) is 0 Å². The van der Waals surface area contributed by atoms with E-state index in [-0.39, 0.29) is 16.9 Å². The average Bonchev–Trinajstić information content (AvgIpc) is 2.35. The molecular weight excluding hydrogens is 276 g/mol. The van der Waals surface area contributed by atoms with E-state index in [4.69, 9.17) is 5.73 Å². The quantitative estimate of drug-likeness (QED) is 0.733. The minimum Gasteiger partial charge on any atom is -0.399 e. The van der Waals surface area contributed by atoms with Gasteiger partial charge in [-0.15, -0.1) is 0 Å². The summed E-state index contributed by atoms with van der Waals surface area (Å²) in [6.07, 6.45) is 3.09. The highest BCUT2D eigenvalue weighted by atomic mass is 32.2. The number of aliphatic hydroxyl groups excluding tert-OH is 1. The Bertz CT molecular complexity index is 552. The van der Waals surface area contributed by atoms with Crippen molar-refractivity contribution in [3.63, 3.8) is 0 Å². The van der Waals surface area contributed by atoms with Crippen molar-refractivity contribution >= 4 is 15.7 Å². The molecule has 0 amide bonds. The first-order valence-electron chi connectivity index (χ1n) is 6.92. The lowest BCUT2D eigenvalue weighted by Gasteiger charge is -2.25. The van der Waals surface area contributed by atoms with E-state index in [0.29, 0.717) is 18.7 Å². The van der Waals surface area contributed by atoms with Crippen LogP contribution in [0.3, 0.4) is 0 Å². The Morgan fingerprint density at radius 3 is 2.75 bits per heavy atom. The molecular formula is C14H22N2O3S. The van der Waals surface area contributed by atoms with Crippen molar-refractivity contribution in [2.75, 3.05) is 12.3 Å². The van der Waals surface area contributed by atoms with E-state index < -0.39 is 10.0 Å². The van der Waals surface area contributed by atoms with Crippen LogP contribution in [0, 0.1) is 12.8 Å². The average molecular weight is 298 g/mol. The Morgan fingerprint density at radius 2 is 2.10 bits per heavy atom. The molecule has 0 aromatic heterocycles. The van der Waals surface area contributed by atoms with Gasteiger partial charge in [-0.3, -0.25) is 0 Å². The maximum atomic E-state index is 12.2. The van der Waals surface area contributed by atoms with Gasteiger partial charge in [-0.25, -0.2) is 13.1 Å². The van der Waals surface area contributed by atoms with Crippen LogP contribution in [-0.2, 0) is 10.0 Å². The molecule has 0 radical (unpaired) electrons. The highest BCUT2D eigenvalue weighted by Gasteiger charge is 2.22. The number of nitrogens with one attached hydrogen (secondary N) is 1. The smallest absolute Gasteiger partial charge is 0.240 e. The summed E-state index contributed by atoms with van der Waals surface area (Å²) in [6.45, 7) is 2.18. The molecule has 0 saturated heterocycles. The van der Waals surface area contributed by atoms with Gasteiger partial charge in [0, 0.05) is 12.2 Å². The zero-order valence-corrected chi connectivity index (χ0v) is 12.5. The highest BCUT2D eigenvalue weighted by molar-refractivity contribution is 7.89. The van der Waals surface area contributed by atoms with E-state index >= 15 is 0 Å². The van der Waals surface area contributed by atoms with Crippen LogP contribution < -0.4 is 10.5 Å². The van der Waals surface area contributed by atoms with Crippen LogP contribution in [0.4, 0.5) is 5.69 Å². The molecule has 20 heavy (non-hydrogen) atoms. The Morgan fingerprint density at radius 1 is 1.35 bits per heavy atom. The monoisotopic (exact) mass is 298 g/mol. The number of aliphatic hydroxyl groups is 1. The molecule has 2 rings (SSSR count). The van der Waals surface area contributed by atoms with E-state index in [1.54, 1.807) is 12.1 Å². The molecule has 0 heterocycles. The van der Waals surface area contributed by atoms with Gasteiger partial charge in [-0.05, 0) is 55.9 Å². The zero-order valence-electron chi connectivity index (χ0n) is 11.7. The Labute approximate surface area is 120 Å². The van der Waals surface area contributed by atoms with Gasteiger partial charge in [0.1, 0.15) is 0 Å². The van der Waals surface area contributed by atoms with Gasteiger partial charge >= 0.3 is 0 Å². The standard InChI is InChI=1S/C14H22N2O3S/c1-10-5-12(15)8-14(6-10)20(18,19)16-9-11-3-2-4-13(17)7-11/h5-6,8,11,13,16-17H,2-4,7,9,15H2,1H3. The van der Waals surface area contributed by atoms with Crippen molar-refractivity contribution in [2.24, 2.45) is 5.92 Å². The third-order valence-corrected chi connectivity index (χ3v) is 5.10. The Hall–Kier alpha value is -1.11. The molecule has 0 aliphatic heterocycles. The summed E-state index contributed by atoms with van der Waals surface area (Å²) < 4.78 is 27.1. The lowest BCUT2D eigenvalue weighted by atomic mass is 9.87. The fourth-order valence-corrected chi connectivity index (χ4v) is 3.94. The second kappa shape index (κ2) is 6.11. The molecule has 1 aliphatic carbocycles. The van der Waals surface area contributed by atoms with Crippen LogP contribution in [0.1, 0.15) is 31.2 Å². The largest absolute Gasteiger partial charge is 0.399 e. The van der Waals surface area contributed by atoms with E-state index in [0.717, 1.165) is 24.8 Å². The topological polar surface area (TPSA) is 92.4 Å². The van der Waals surface area contributed by atoms with E-state index in [2.05, 4.69) is 4.72 Å². The lowest BCUT2D eigenvalue weighted by Crippen LogP contribution is -2.33. The summed E-state index contributed by atoms with van der Waals surface area (Å²) in [5.74, 6) is 0.204. The maximum Gasteiger partial charge on any atom is 0.240 e. The number of hydrogen-bond acceptors (Lipinski definition) is 4. The minimum atomic E-state index is -3.53. The Kier molecular flexibility index (Phi) is 4.67. The number of aryl methyl sites for hydroxylation is 1. The zero-order chi connectivity index (χ0) is 14.8. The summed E-state index contributed by atoms with van der Waals surface area (Å²) in [5, 5.41) is 9.61. The van der Waals surface area contributed by atoms with Crippen molar-refractivity contribution in [3.05, 3.63) is 23.8 Å². The molecule has 0 spiro atoms. The lowest BCUT2D eigenvalue weighted by molar-refractivity contribution is 0.102. The summed E-state index contributed by atoms with van der Waals surface area (Å²) in [7, 11) is -3.53. The predicted octanol–water partition coefficient (Wildman–Crippen LogP) is 1.41. The molecule has 4 N–H and O–H groups in total. The molecule has 112 valence electrons. The van der Waals surface area contributed by atoms with E-state index in [1.807, 2.05) is 6.92 Å². The van der Waals surface area contributed by atoms with Crippen LogP contribution in [0.25, 0.3) is 0 Å². The van der Waals surface area contributed by atoms with Gasteiger partial charge in [0.15, 0.2) is 0 Å². The van der Waals surface area contributed by atoms with Gasteiger partial charge in [0.05, 0.1) is 11.0 Å². The van der Waals surface area contributed by atoms with Crippen molar-refractivity contribution in [1.29, 1.82) is 0 Å². The van der Waals surface area contributed by atoms with Gasteiger partial charge in [0.2, 0.25) is 10.0 Å². The number of nitrogens with two attached hydrogens (primary N) is 1. The first-order chi connectivity index (χ1) is 9.37. The maximum absolute atomic E-state index is 12.2. The molecule has 5 nitrogen and oxygen atoms in total. The number of benzene rings is 1. The number of nitrogen functional groups attached to an aromatic ring is 1. The fourth-order valence-electron chi connectivity index (χ4n) is 2.69. The summed E-state index contributed by atoms with van der Waals surface area (Å²) in [6, 6.07) is 4.80. The predicted molar refractivity (Wildman–Crippen MR) is 78.7 cm³/mol. The van der Waals surface area contributed by atoms with Crippen LogP contribution >= 0.6 is 0 Å². The van der Waals surface area contributed by atoms with Gasteiger partial charge in [-0.1, -0.05) is 6.42 Å². The number of anilines is 1. The van der Waals surface area contributed by atoms with Crippen LogP contribution in [-0.4, -0.2) is 26.2 Å². The molecule has 1 aromatic rings. The fraction of sp³-hybridized carbons (Fsp3) is 0.571. The molecule has 1 fully saturated rings. The molecule has 1 saturated carbocycles. The van der Waals surface area contributed by atoms with Gasteiger partial charge in [0.25, 0.3) is 0 Å². The molecule has 2 unspecified atom stereocenters. The van der Waals surface area contributed by atoms with Crippen LogP contribution in [0.15, 0.2) is 23.1 Å².